The van der Waals surface area contributed by atoms with Crippen LogP contribution in [0, 0.1) is 11.3 Å². The van der Waals surface area contributed by atoms with Crippen molar-refractivity contribution in [2.45, 2.75) is 12.8 Å². The molecular formula is C11H12N2. The third kappa shape index (κ3) is 1.38. The van der Waals surface area contributed by atoms with Gasteiger partial charge in [-0.2, -0.15) is 5.26 Å². The molecule has 0 fully saturated rings. The highest BCUT2D eigenvalue weighted by Crippen LogP contribution is 2.27. The molecule has 0 N–H and O–H groups in total. The maximum Gasteiger partial charge on any atom is 0.0669 e. The molecule has 0 amide bonds. The monoisotopic (exact) mass is 172 g/mol. The zero-order valence-electron chi connectivity index (χ0n) is 7.75. The van der Waals surface area contributed by atoms with Crippen LogP contribution in [0.1, 0.15) is 11.1 Å². The summed E-state index contributed by atoms with van der Waals surface area (Å²) in [5.74, 6) is 0. The molecule has 66 valence electrons. The van der Waals surface area contributed by atoms with Crippen LogP contribution in [0.25, 0.3) is 0 Å². The predicted molar refractivity (Wildman–Crippen MR) is 52.7 cm³/mol. The minimum atomic E-state index is 0.515. The van der Waals surface area contributed by atoms with E-state index in [9.17, 15) is 0 Å². The van der Waals surface area contributed by atoms with Crippen LogP contribution < -0.4 is 4.90 Å². The first-order valence-electron chi connectivity index (χ1n) is 4.51. The van der Waals surface area contributed by atoms with Gasteiger partial charge in [0.15, 0.2) is 0 Å². The van der Waals surface area contributed by atoms with Gasteiger partial charge in [0.1, 0.15) is 0 Å². The predicted octanol–water partition coefficient (Wildman–Crippen LogP) is 1.74. The van der Waals surface area contributed by atoms with Gasteiger partial charge in [0.05, 0.1) is 12.5 Å². The number of benzene rings is 1. The van der Waals surface area contributed by atoms with Crippen molar-refractivity contribution in [1.29, 1.82) is 5.26 Å². The van der Waals surface area contributed by atoms with Crippen molar-refractivity contribution in [2.24, 2.45) is 0 Å². The highest BCUT2D eigenvalue weighted by atomic mass is 15.1. The molecule has 1 aliphatic heterocycles. The quantitative estimate of drug-likeness (QED) is 0.645. The summed E-state index contributed by atoms with van der Waals surface area (Å²) in [4.78, 5) is 2.25. The van der Waals surface area contributed by atoms with Gasteiger partial charge >= 0.3 is 0 Å². The molecule has 0 bridgehead atoms. The fourth-order valence-electron chi connectivity index (χ4n) is 1.79. The minimum Gasteiger partial charge on any atom is -0.374 e. The average molecular weight is 172 g/mol. The zero-order valence-corrected chi connectivity index (χ0v) is 7.75. The molecule has 0 unspecified atom stereocenters. The summed E-state index contributed by atoms with van der Waals surface area (Å²) < 4.78 is 0. The highest BCUT2D eigenvalue weighted by Gasteiger charge is 2.15. The molecule has 0 saturated heterocycles. The number of anilines is 1. The van der Waals surface area contributed by atoms with E-state index in [0.29, 0.717) is 6.42 Å². The maximum atomic E-state index is 8.57. The van der Waals surface area contributed by atoms with Crippen molar-refractivity contribution in [2.75, 3.05) is 18.5 Å². The van der Waals surface area contributed by atoms with Crippen molar-refractivity contribution in [3.63, 3.8) is 0 Å². The Balaban J connectivity index is 2.37. The smallest absolute Gasteiger partial charge is 0.0669 e. The number of nitrogens with zero attached hydrogens (tertiary/aromatic N) is 2. The Bertz CT molecular complexity index is 363. The van der Waals surface area contributed by atoms with Crippen molar-refractivity contribution < 1.29 is 0 Å². The highest BCUT2D eigenvalue weighted by molar-refractivity contribution is 5.59. The van der Waals surface area contributed by atoms with Crippen LogP contribution in [-0.4, -0.2) is 13.6 Å². The van der Waals surface area contributed by atoms with Gasteiger partial charge in [0.2, 0.25) is 0 Å². The van der Waals surface area contributed by atoms with E-state index in [1.54, 1.807) is 0 Å². The lowest BCUT2D eigenvalue weighted by Gasteiger charge is -2.12. The first-order chi connectivity index (χ1) is 6.31. The largest absolute Gasteiger partial charge is 0.374 e. The Morgan fingerprint density at radius 2 is 2.38 bits per heavy atom. The molecule has 1 aromatic rings. The van der Waals surface area contributed by atoms with E-state index < -0.39 is 0 Å². The lowest BCUT2D eigenvalue weighted by molar-refractivity contribution is 0.956. The molecular weight excluding hydrogens is 160 g/mol. The van der Waals surface area contributed by atoms with E-state index in [1.807, 2.05) is 0 Å². The molecule has 0 spiro atoms. The van der Waals surface area contributed by atoms with Gasteiger partial charge in [0, 0.05) is 19.3 Å². The molecule has 0 saturated carbocycles. The third-order valence-corrected chi connectivity index (χ3v) is 2.56. The average Bonchev–Trinajstić information content (AvgIpc) is 2.49. The van der Waals surface area contributed by atoms with Crippen molar-refractivity contribution in [3.05, 3.63) is 29.3 Å². The molecule has 1 heterocycles. The van der Waals surface area contributed by atoms with Crippen LogP contribution in [0.2, 0.25) is 0 Å². The van der Waals surface area contributed by atoms with Crippen molar-refractivity contribution >= 4 is 5.69 Å². The normalized spacial score (nSPS) is 14.0. The first-order valence-corrected chi connectivity index (χ1v) is 4.51. The summed E-state index contributed by atoms with van der Waals surface area (Å²) >= 11 is 0. The standard InChI is InChI=1S/C11H12N2/c1-13-7-5-10-3-2-9(4-6-12)8-11(10)13/h2-3,8H,4-5,7H2,1H3. The van der Waals surface area contributed by atoms with Gasteiger partial charge in [-0.1, -0.05) is 12.1 Å². The number of nitriles is 1. The third-order valence-electron chi connectivity index (χ3n) is 2.56. The minimum absolute atomic E-state index is 0.515. The zero-order chi connectivity index (χ0) is 9.26. The van der Waals surface area contributed by atoms with E-state index in [1.165, 1.54) is 11.3 Å². The van der Waals surface area contributed by atoms with Crippen molar-refractivity contribution in [3.8, 4) is 6.07 Å². The Morgan fingerprint density at radius 3 is 3.15 bits per heavy atom. The van der Waals surface area contributed by atoms with Crippen molar-refractivity contribution in [1.82, 2.24) is 0 Å². The summed E-state index contributed by atoms with van der Waals surface area (Å²) in [5, 5.41) is 8.57. The van der Waals surface area contributed by atoms with Gasteiger partial charge in [-0.05, 0) is 23.6 Å². The second-order valence-corrected chi connectivity index (χ2v) is 3.47. The van der Waals surface area contributed by atoms with Crippen LogP contribution >= 0.6 is 0 Å². The van der Waals surface area contributed by atoms with Crippen LogP contribution in [0.3, 0.4) is 0 Å². The van der Waals surface area contributed by atoms with E-state index in [2.05, 4.69) is 36.2 Å². The lowest BCUT2D eigenvalue weighted by atomic mass is 10.1. The molecule has 13 heavy (non-hydrogen) atoms. The maximum absolute atomic E-state index is 8.57. The Morgan fingerprint density at radius 1 is 1.54 bits per heavy atom. The fraction of sp³-hybridized carbons (Fsp3) is 0.364. The Labute approximate surface area is 78.4 Å². The second kappa shape index (κ2) is 3.10. The first kappa shape index (κ1) is 8.12. The summed E-state index contributed by atoms with van der Waals surface area (Å²) in [7, 11) is 2.10. The Hall–Kier alpha value is -1.49. The summed E-state index contributed by atoms with van der Waals surface area (Å²) in [5.41, 5.74) is 3.83. The summed E-state index contributed by atoms with van der Waals surface area (Å²) in [6.07, 6.45) is 1.65. The number of hydrogen-bond acceptors (Lipinski definition) is 2. The van der Waals surface area contributed by atoms with E-state index in [-0.39, 0.29) is 0 Å². The van der Waals surface area contributed by atoms with Gasteiger partial charge in [-0.15, -0.1) is 0 Å². The molecule has 2 nitrogen and oxygen atoms in total. The fourth-order valence-corrected chi connectivity index (χ4v) is 1.79. The summed E-state index contributed by atoms with van der Waals surface area (Å²) in [6, 6.07) is 8.50. The van der Waals surface area contributed by atoms with E-state index in [4.69, 9.17) is 5.26 Å². The SMILES string of the molecule is CN1CCc2ccc(CC#N)cc21. The number of fused-ring (bicyclic) bond motifs is 1. The van der Waals surface area contributed by atoms with Gasteiger partial charge in [-0.3, -0.25) is 0 Å². The number of likely N-dealkylation sites (N-methyl/N-ethyl adjacent to an activating group) is 1. The van der Waals surface area contributed by atoms with Gasteiger partial charge in [0.25, 0.3) is 0 Å². The molecule has 0 aliphatic carbocycles. The van der Waals surface area contributed by atoms with E-state index >= 15 is 0 Å². The molecule has 1 aromatic carbocycles. The topological polar surface area (TPSA) is 27.0 Å². The van der Waals surface area contributed by atoms with Gasteiger partial charge < -0.3 is 4.90 Å². The van der Waals surface area contributed by atoms with Crippen LogP contribution in [-0.2, 0) is 12.8 Å². The second-order valence-electron chi connectivity index (χ2n) is 3.47. The molecule has 0 radical (unpaired) electrons. The van der Waals surface area contributed by atoms with Crippen LogP contribution in [0.15, 0.2) is 18.2 Å². The molecule has 2 rings (SSSR count). The van der Waals surface area contributed by atoms with Crippen LogP contribution in [0.5, 0.6) is 0 Å². The van der Waals surface area contributed by atoms with E-state index in [0.717, 1.165) is 18.5 Å². The molecule has 1 aliphatic rings. The molecule has 0 aromatic heterocycles. The Kier molecular flexibility index (Phi) is 1.94. The molecule has 2 heteroatoms. The van der Waals surface area contributed by atoms with Gasteiger partial charge in [-0.25, -0.2) is 0 Å². The summed E-state index contributed by atoms with van der Waals surface area (Å²) in [6.45, 7) is 1.10. The van der Waals surface area contributed by atoms with Crippen LogP contribution in [0.4, 0.5) is 5.69 Å². The lowest BCUT2D eigenvalue weighted by Crippen LogP contribution is -2.12. The number of hydrogen-bond donors (Lipinski definition) is 0. The molecule has 0 atom stereocenters. The number of rotatable bonds is 1.